The molecule has 0 unspecified atom stereocenters. The molecule has 2 aliphatic heterocycles. The fourth-order valence-corrected chi connectivity index (χ4v) is 6.09. The molecule has 2 heterocycles. The molecule has 0 spiro atoms. The van der Waals surface area contributed by atoms with E-state index < -0.39 is 21.2 Å². The lowest BCUT2D eigenvalue weighted by atomic mass is 9.99. The third-order valence-corrected chi connectivity index (χ3v) is 8.63. The van der Waals surface area contributed by atoms with Gasteiger partial charge in [0.15, 0.2) is 5.25 Å². The molecule has 2 aliphatic rings. The van der Waals surface area contributed by atoms with Crippen molar-refractivity contribution in [3.8, 4) is 0 Å². The largest absolute Gasteiger partial charge is 0.341 e. The smallest absolute Gasteiger partial charge is 0.261 e. The molecule has 10 heteroatoms. The lowest BCUT2D eigenvalue weighted by molar-refractivity contribution is -0.135. The molecule has 1 fully saturated rings. The van der Waals surface area contributed by atoms with Gasteiger partial charge in [-0.25, -0.2) is 8.42 Å². The first-order chi connectivity index (χ1) is 15.1. The summed E-state index contributed by atoms with van der Waals surface area (Å²) in [6.07, 6.45) is 1.86. The molecule has 1 atom stereocenters. The summed E-state index contributed by atoms with van der Waals surface area (Å²) < 4.78 is 28.3. The van der Waals surface area contributed by atoms with E-state index >= 15 is 0 Å². The van der Waals surface area contributed by atoms with Crippen molar-refractivity contribution >= 4 is 56.6 Å². The van der Waals surface area contributed by atoms with Gasteiger partial charge in [0.25, 0.3) is 10.0 Å². The monoisotopic (exact) mass is 493 g/mol. The number of anilines is 2. The molecule has 7 nitrogen and oxygen atoms in total. The van der Waals surface area contributed by atoms with Crippen LogP contribution in [0.25, 0.3) is 0 Å². The van der Waals surface area contributed by atoms with Crippen LogP contribution in [0.4, 0.5) is 11.4 Å². The van der Waals surface area contributed by atoms with Crippen LogP contribution in [0.5, 0.6) is 0 Å². The zero-order valence-corrected chi connectivity index (χ0v) is 20.1. The maximum Gasteiger partial charge on any atom is 0.261 e. The van der Waals surface area contributed by atoms with Crippen LogP contribution >= 0.6 is 23.4 Å². The van der Waals surface area contributed by atoms with Gasteiger partial charge in [0.2, 0.25) is 11.8 Å². The number of amides is 2. The van der Waals surface area contributed by atoms with Crippen LogP contribution in [-0.2, 0) is 19.6 Å². The summed E-state index contributed by atoms with van der Waals surface area (Å²) in [6, 6.07) is 9.45. The number of likely N-dealkylation sites (tertiary alicyclic amines) is 1. The van der Waals surface area contributed by atoms with Crippen LogP contribution in [0.2, 0.25) is 5.02 Å². The number of carbonyl (C=O) groups is 2. The standard InChI is InChI=1S/C22H24ClN3O4S2/c1-13-7-9-26(10-8-13)22(28)20-21(27)24-18-12-16(5-6-19(18)31-20)32(29,30)25-17-11-15(23)4-3-14(17)2/h3-6,11-13,20,25H,7-10H2,1-2H3,(H,24,27)/t20-/m1/s1. The summed E-state index contributed by atoms with van der Waals surface area (Å²) in [5, 5.41) is 2.26. The Bertz CT molecular complexity index is 1180. The van der Waals surface area contributed by atoms with Gasteiger partial charge in [-0.15, -0.1) is 11.8 Å². The van der Waals surface area contributed by atoms with E-state index in [4.69, 9.17) is 11.6 Å². The molecule has 2 aromatic carbocycles. The Morgan fingerprint density at radius 1 is 1.19 bits per heavy atom. The maximum absolute atomic E-state index is 12.9. The van der Waals surface area contributed by atoms with Crippen molar-refractivity contribution in [2.75, 3.05) is 23.1 Å². The Labute approximate surface area is 196 Å². The summed E-state index contributed by atoms with van der Waals surface area (Å²) in [5.74, 6) is -0.0450. The number of aryl methyl sites for hydroxylation is 1. The van der Waals surface area contributed by atoms with E-state index in [1.54, 1.807) is 36.1 Å². The van der Waals surface area contributed by atoms with Crippen molar-refractivity contribution in [2.24, 2.45) is 5.92 Å². The Morgan fingerprint density at radius 3 is 2.62 bits per heavy atom. The van der Waals surface area contributed by atoms with Gasteiger partial charge in [-0.2, -0.15) is 0 Å². The highest BCUT2D eigenvalue weighted by Crippen LogP contribution is 2.38. The molecular weight excluding hydrogens is 470 g/mol. The fourth-order valence-electron chi connectivity index (χ4n) is 3.72. The Balaban J connectivity index is 1.53. The number of fused-ring (bicyclic) bond motifs is 1. The highest BCUT2D eigenvalue weighted by Gasteiger charge is 2.37. The number of piperidine rings is 1. The van der Waals surface area contributed by atoms with E-state index in [1.807, 2.05) is 0 Å². The van der Waals surface area contributed by atoms with Gasteiger partial charge in [0, 0.05) is 23.0 Å². The van der Waals surface area contributed by atoms with Gasteiger partial charge in [-0.1, -0.05) is 24.6 Å². The van der Waals surface area contributed by atoms with E-state index in [1.165, 1.54) is 12.1 Å². The molecule has 32 heavy (non-hydrogen) atoms. The third-order valence-electron chi connectivity index (χ3n) is 5.77. The zero-order valence-electron chi connectivity index (χ0n) is 17.7. The van der Waals surface area contributed by atoms with E-state index in [0.29, 0.717) is 40.3 Å². The summed E-state index contributed by atoms with van der Waals surface area (Å²) in [7, 11) is -3.90. The Hall–Kier alpha value is -2.23. The summed E-state index contributed by atoms with van der Waals surface area (Å²) >= 11 is 7.15. The summed E-state index contributed by atoms with van der Waals surface area (Å²) in [6.45, 7) is 5.25. The predicted octanol–water partition coefficient (Wildman–Crippen LogP) is 4.12. The molecule has 0 bridgehead atoms. The van der Waals surface area contributed by atoms with Crippen LogP contribution in [-0.4, -0.2) is 43.5 Å². The first kappa shape index (κ1) is 22.9. The van der Waals surface area contributed by atoms with Gasteiger partial charge in [0.1, 0.15) is 0 Å². The first-order valence-electron chi connectivity index (χ1n) is 10.3. The predicted molar refractivity (Wildman–Crippen MR) is 127 cm³/mol. The van der Waals surface area contributed by atoms with Crippen LogP contribution < -0.4 is 10.0 Å². The van der Waals surface area contributed by atoms with Gasteiger partial charge in [-0.3, -0.25) is 14.3 Å². The summed E-state index contributed by atoms with van der Waals surface area (Å²) in [5.41, 5.74) is 1.49. The summed E-state index contributed by atoms with van der Waals surface area (Å²) in [4.78, 5) is 28.0. The van der Waals surface area contributed by atoms with E-state index in [9.17, 15) is 18.0 Å². The minimum absolute atomic E-state index is 0.00585. The number of carbonyl (C=O) groups excluding carboxylic acids is 2. The number of hydrogen-bond donors (Lipinski definition) is 2. The fraction of sp³-hybridized carbons (Fsp3) is 0.364. The lowest BCUT2D eigenvalue weighted by Crippen LogP contribution is -2.47. The molecule has 0 radical (unpaired) electrons. The molecule has 0 saturated carbocycles. The van der Waals surface area contributed by atoms with Gasteiger partial charge >= 0.3 is 0 Å². The van der Waals surface area contributed by atoms with Crippen molar-refractivity contribution in [1.29, 1.82) is 0 Å². The minimum atomic E-state index is -3.90. The molecule has 2 aromatic rings. The van der Waals surface area contributed by atoms with Crippen molar-refractivity contribution < 1.29 is 18.0 Å². The molecule has 0 aliphatic carbocycles. The molecular formula is C22H24ClN3O4S2. The van der Waals surface area contributed by atoms with E-state index in [-0.39, 0.29) is 10.8 Å². The number of halogens is 1. The van der Waals surface area contributed by atoms with Crippen molar-refractivity contribution in [3.05, 3.63) is 47.0 Å². The SMILES string of the molecule is Cc1ccc(Cl)cc1NS(=O)(=O)c1ccc2c(c1)NC(=O)[C@H](C(=O)N1CCC(C)CC1)S2. The second-order valence-electron chi connectivity index (χ2n) is 8.22. The average Bonchev–Trinajstić information content (AvgIpc) is 2.75. The van der Waals surface area contributed by atoms with Crippen LogP contribution in [0, 0.1) is 12.8 Å². The Kier molecular flexibility index (Phi) is 6.42. The number of thioether (sulfide) groups is 1. The Morgan fingerprint density at radius 2 is 1.91 bits per heavy atom. The van der Waals surface area contributed by atoms with Crippen LogP contribution in [0.1, 0.15) is 25.3 Å². The molecule has 2 amide bonds. The van der Waals surface area contributed by atoms with Crippen molar-refractivity contribution in [3.63, 3.8) is 0 Å². The van der Waals surface area contributed by atoms with E-state index in [0.717, 1.165) is 30.2 Å². The minimum Gasteiger partial charge on any atom is -0.341 e. The molecule has 1 saturated heterocycles. The second-order valence-corrected chi connectivity index (χ2v) is 11.5. The van der Waals surface area contributed by atoms with E-state index in [2.05, 4.69) is 17.0 Å². The highest BCUT2D eigenvalue weighted by molar-refractivity contribution is 8.01. The molecule has 4 rings (SSSR count). The van der Waals surface area contributed by atoms with Crippen LogP contribution in [0.15, 0.2) is 46.2 Å². The normalized spacial score (nSPS) is 19.3. The number of benzene rings is 2. The number of nitrogens with zero attached hydrogens (tertiary/aromatic N) is 1. The maximum atomic E-state index is 12.9. The number of sulfonamides is 1. The quantitative estimate of drug-likeness (QED) is 0.624. The average molecular weight is 494 g/mol. The third kappa shape index (κ3) is 4.74. The van der Waals surface area contributed by atoms with Crippen molar-refractivity contribution in [1.82, 2.24) is 4.90 Å². The number of rotatable bonds is 4. The molecule has 2 N–H and O–H groups in total. The van der Waals surface area contributed by atoms with Gasteiger partial charge in [-0.05, 0) is 61.6 Å². The second kappa shape index (κ2) is 8.96. The lowest BCUT2D eigenvalue weighted by Gasteiger charge is -2.33. The molecule has 0 aromatic heterocycles. The molecule has 170 valence electrons. The van der Waals surface area contributed by atoms with Gasteiger partial charge < -0.3 is 10.2 Å². The highest BCUT2D eigenvalue weighted by atomic mass is 35.5. The van der Waals surface area contributed by atoms with Crippen LogP contribution in [0.3, 0.4) is 0 Å². The number of hydrogen-bond acceptors (Lipinski definition) is 5. The van der Waals surface area contributed by atoms with Crippen molar-refractivity contribution in [2.45, 2.75) is 41.7 Å². The first-order valence-corrected chi connectivity index (χ1v) is 13.1. The number of nitrogens with one attached hydrogen (secondary N) is 2. The topological polar surface area (TPSA) is 95.6 Å². The van der Waals surface area contributed by atoms with Gasteiger partial charge in [0.05, 0.1) is 16.3 Å². The zero-order chi connectivity index (χ0) is 23.0.